The van der Waals surface area contributed by atoms with E-state index in [2.05, 4.69) is 104 Å². The average Bonchev–Trinajstić information content (AvgIpc) is 3.31. The summed E-state index contributed by atoms with van der Waals surface area (Å²) in [7, 11) is 0. The van der Waals surface area contributed by atoms with Gasteiger partial charge in [0.05, 0.1) is 17.6 Å². The maximum absolute atomic E-state index is 14.1. The van der Waals surface area contributed by atoms with Crippen LogP contribution in [0.3, 0.4) is 0 Å². The predicted molar refractivity (Wildman–Crippen MR) is 152 cm³/mol. The quantitative estimate of drug-likeness (QED) is 0.293. The lowest BCUT2D eigenvalue weighted by molar-refractivity contribution is -0.151. The van der Waals surface area contributed by atoms with Crippen LogP contribution >= 0.6 is 0 Å². The Balaban J connectivity index is 1.50. The Kier molecular flexibility index (Phi) is 6.61. The van der Waals surface area contributed by atoms with E-state index in [1.54, 1.807) is 0 Å². The first-order chi connectivity index (χ1) is 18.6. The van der Waals surface area contributed by atoms with Crippen molar-refractivity contribution in [2.75, 3.05) is 18.2 Å². The van der Waals surface area contributed by atoms with Gasteiger partial charge in [-0.3, -0.25) is 14.5 Å². The molecule has 4 aromatic rings. The van der Waals surface area contributed by atoms with Crippen LogP contribution in [-0.2, 0) is 9.63 Å². The van der Waals surface area contributed by atoms with E-state index in [9.17, 15) is 4.79 Å². The molecule has 4 heteroatoms. The normalized spacial score (nSPS) is 24.6. The van der Waals surface area contributed by atoms with Crippen LogP contribution in [0.2, 0.25) is 0 Å². The molecule has 0 N–H and O–H groups in total. The standard InChI is InChI=1S/C34H34N2O2/c1-25-18-20-29(21-19-25)33-32(28-14-8-4-9-15-28)34(38-36(33)30-16-10-5-11-17-30)24-35(23-22-31(34)37)26(2)27-12-6-3-7-13-27/h3-21,26,32-33H,22-24H2,1-2H3/t26?,32-,33-,34?/m0/s1. The number of nitrogens with zero attached hydrogens (tertiary/aromatic N) is 2. The van der Waals surface area contributed by atoms with E-state index in [1.807, 2.05) is 35.4 Å². The van der Waals surface area contributed by atoms with E-state index in [0.29, 0.717) is 13.0 Å². The average molecular weight is 503 g/mol. The van der Waals surface area contributed by atoms with E-state index in [-0.39, 0.29) is 23.8 Å². The van der Waals surface area contributed by atoms with Gasteiger partial charge in [-0.25, -0.2) is 5.06 Å². The van der Waals surface area contributed by atoms with E-state index >= 15 is 0 Å². The summed E-state index contributed by atoms with van der Waals surface area (Å²) >= 11 is 0. The largest absolute Gasteiger partial charge is 0.296 e. The fourth-order valence-electron chi connectivity index (χ4n) is 6.22. The van der Waals surface area contributed by atoms with Gasteiger partial charge in [0.25, 0.3) is 0 Å². The van der Waals surface area contributed by atoms with Crippen molar-refractivity contribution in [2.45, 2.75) is 43.9 Å². The second-order valence-electron chi connectivity index (χ2n) is 10.6. The molecule has 4 aromatic carbocycles. The zero-order chi connectivity index (χ0) is 26.1. The summed E-state index contributed by atoms with van der Waals surface area (Å²) in [5, 5.41) is 2.01. The molecule has 2 aliphatic rings. The molecule has 2 fully saturated rings. The molecule has 4 nitrogen and oxygen atoms in total. The number of hydrogen-bond acceptors (Lipinski definition) is 4. The molecule has 2 heterocycles. The summed E-state index contributed by atoms with van der Waals surface area (Å²) in [6, 6.07) is 39.9. The van der Waals surface area contributed by atoms with E-state index < -0.39 is 5.60 Å². The highest BCUT2D eigenvalue weighted by Crippen LogP contribution is 2.55. The number of carbonyl (C=O) groups is 1. The second kappa shape index (κ2) is 10.2. The summed E-state index contributed by atoms with van der Waals surface area (Å²) in [6.45, 7) is 5.60. The van der Waals surface area contributed by atoms with Crippen LogP contribution in [0.1, 0.15) is 53.6 Å². The van der Waals surface area contributed by atoms with Gasteiger partial charge in [-0.1, -0.05) is 109 Å². The maximum Gasteiger partial charge on any atom is 0.176 e. The van der Waals surface area contributed by atoms with E-state index in [1.165, 1.54) is 11.1 Å². The second-order valence-corrected chi connectivity index (χ2v) is 10.6. The van der Waals surface area contributed by atoms with Crippen LogP contribution in [0.15, 0.2) is 115 Å². The van der Waals surface area contributed by atoms with Crippen molar-refractivity contribution in [3.05, 3.63) is 138 Å². The number of aryl methyl sites for hydroxylation is 1. The first-order valence-corrected chi connectivity index (χ1v) is 13.5. The molecule has 2 aliphatic heterocycles. The Morgan fingerprint density at radius 3 is 2.05 bits per heavy atom. The number of rotatable bonds is 5. The van der Waals surface area contributed by atoms with Crippen molar-refractivity contribution in [2.24, 2.45) is 0 Å². The number of likely N-dealkylation sites (tertiary alicyclic amines) is 1. The highest BCUT2D eigenvalue weighted by molar-refractivity contribution is 5.91. The maximum atomic E-state index is 14.1. The van der Waals surface area contributed by atoms with Crippen molar-refractivity contribution >= 4 is 11.5 Å². The van der Waals surface area contributed by atoms with E-state index in [0.717, 1.165) is 23.4 Å². The van der Waals surface area contributed by atoms with E-state index in [4.69, 9.17) is 4.84 Å². The molecule has 2 unspecified atom stereocenters. The molecular formula is C34H34N2O2. The summed E-state index contributed by atoms with van der Waals surface area (Å²) in [5.74, 6) is 0.00305. The number of benzene rings is 4. The van der Waals surface area contributed by atoms with Gasteiger partial charge in [-0.2, -0.15) is 0 Å². The summed E-state index contributed by atoms with van der Waals surface area (Å²) in [5.41, 5.74) is 4.68. The number of para-hydroxylation sites is 1. The van der Waals surface area contributed by atoms with Crippen LogP contribution in [0.4, 0.5) is 5.69 Å². The number of piperidine rings is 1. The van der Waals surface area contributed by atoms with Crippen molar-refractivity contribution in [1.29, 1.82) is 0 Å². The van der Waals surface area contributed by atoms with Crippen molar-refractivity contribution in [3.8, 4) is 0 Å². The highest BCUT2D eigenvalue weighted by atomic mass is 16.7. The molecule has 0 aliphatic carbocycles. The predicted octanol–water partition coefficient (Wildman–Crippen LogP) is 7.05. The molecule has 1 spiro atoms. The minimum absolute atomic E-state index is 0.156. The topological polar surface area (TPSA) is 32.8 Å². The molecule has 0 aromatic heterocycles. The third-order valence-electron chi connectivity index (χ3n) is 8.29. The van der Waals surface area contributed by atoms with Gasteiger partial charge in [0.15, 0.2) is 11.4 Å². The third-order valence-corrected chi connectivity index (χ3v) is 8.29. The minimum Gasteiger partial charge on any atom is -0.296 e. The van der Waals surface area contributed by atoms with Gasteiger partial charge in [0.2, 0.25) is 0 Å². The smallest absolute Gasteiger partial charge is 0.176 e. The molecular weight excluding hydrogens is 468 g/mol. The Morgan fingerprint density at radius 1 is 0.789 bits per heavy atom. The molecule has 0 bridgehead atoms. The third kappa shape index (κ3) is 4.34. The Bertz CT molecular complexity index is 1370. The molecule has 0 radical (unpaired) electrons. The van der Waals surface area contributed by atoms with Gasteiger partial charge >= 0.3 is 0 Å². The Morgan fingerprint density at radius 2 is 1.39 bits per heavy atom. The number of Topliss-reactive ketones (excluding diaryl/α,β-unsaturated/α-hetero) is 1. The first-order valence-electron chi connectivity index (χ1n) is 13.5. The van der Waals surface area contributed by atoms with Crippen LogP contribution in [0, 0.1) is 6.92 Å². The summed E-state index contributed by atoms with van der Waals surface area (Å²) in [4.78, 5) is 23.6. The minimum atomic E-state index is -1.01. The van der Waals surface area contributed by atoms with Gasteiger partial charge in [-0.15, -0.1) is 0 Å². The molecule has 0 amide bonds. The molecule has 4 atom stereocenters. The SMILES string of the molecule is Cc1ccc([C@H]2[C@H](c3ccccc3)C3(CN(C(C)c4ccccc4)CCC3=O)ON2c2ccccc2)cc1. The van der Waals surface area contributed by atoms with Crippen LogP contribution in [-0.4, -0.2) is 29.4 Å². The van der Waals surface area contributed by atoms with Crippen molar-refractivity contribution in [3.63, 3.8) is 0 Å². The Hall–Kier alpha value is -3.73. The monoisotopic (exact) mass is 502 g/mol. The lowest BCUT2D eigenvalue weighted by Gasteiger charge is -2.43. The van der Waals surface area contributed by atoms with Crippen molar-refractivity contribution in [1.82, 2.24) is 4.90 Å². The lowest BCUT2D eigenvalue weighted by Crippen LogP contribution is -2.58. The highest BCUT2D eigenvalue weighted by Gasteiger charge is 2.61. The molecule has 0 saturated carbocycles. The number of hydroxylamine groups is 1. The molecule has 6 rings (SSSR count). The zero-order valence-electron chi connectivity index (χ0n) is 22.0. The van der Waals surface area contributed by atoms with Gasteiger partial charge in [-0.05, 0) is 42.7 Å². The lowest BCUT2D eigenvalue weighted by atomic mass is 9.71. The number of ketones is 1. The summed E-state index contributed by atoms with van der Waals surface area (Å²) < 4.78 is 0. The van der Waals surface area contributed by atoms with Gasteiger partial charge in [0.1, 0.15) is 0 Å². The van der Waals surface area contributed by atoms with Gasteiger partial charge in [0, 0.05) is 25.6 Å². The van der Waals surface area contributed by atoms with Crippen LogP contribution < -0.4 is 5.06 Å². The fraction of sp³-hybridized carbons (Fsp3) is 0.265. The van der Waals surface area contributed by atoms with Crippen LogP contribution in [0.25, 0.3) is 0 Å². The number of carbonyl (C=O) groups excluding carboxylic acids is 1. The van der Waals surface area contributed by atoms with Crippen molar-refractivity contribution < 1.29 is 9.63 Å². The van der Waals surface area contributed by atoms with Crippen LogP contribution in [0.5, 0.6) is 0 Å². The summed E-state index contributed by atoms with van der Waals surface area (Å²) in [6.07, 6.45) is 0.462. The molecule has 192 valence electrons. The fourth-order valence-corrected chi connectivity index (χ4v) is 6.22. The molecule has 2 saturated heterocycles. The number of hydrogen-bond donors (Lipinski definition) is 0. The molecule has 38 heavy (non-hydrogen) atoms. The number of anilines is 1. The first kappa shape index (κ1) is 24.6. The Labute approximate surface area is 225 Å². The zero-order valence-corrected chi connectivity index (χ0v) is 22.0. The van der Waals surface area contributed by atoms with Gasteiger partial charge < -0.3 is 0 Å².